The van der Waals surface area contributed by atoms with Crippen molar-refractivity contribution < 1.29 is 32.0 Å². The Labute approximate surface area is 183 Å². The molecule has 0 aliphatic heterocycles. The largest absolute Gasteiger partial charge is 0.462 e. The van der Waals surface area contributed by atoms with Gasteiger partial charge in [0, 0.05) is 0 Å². The first-order valence-corrected chi connectivity index (χ1v) is 12.5. The fraction of sp³-hybridized carbons (Fsp3) is 0.909. The lowest BCUT2D eigenvalue weighted by Gasteiger charge is -2.24. The smallest absolute Gasteiger partial charge is 0.327 e. The number of carbonyl (C=O) groups excluding carboxylic acids is 2. The summed E-state index contributed by atoms with van der Waals surface area (Å²) in [6.45, 7) is 15.9. The number of carbonyl (C=O) groups is 2. The molecule has 178 valence electrons. The number of hydrogen-bond donors (Lipinski definition) is 1. The first-order valence-electron chi connectivity index (χ1n) is 11.0. The Morgan fingerprint density at radius 2 is 1.03 bits per heavy atom. The molecule has 0 radical (unpaired) electrons. The van der Waals surface area contributed by atoms with Crippen molar-refractivity contribution in [3.8, 4) is 0 Å². The number of hydrogen-bond acceptors (Lipinski definition) is 6. The van der Waals surface area contributed by atoms with Crippen LogP contribution in [0.15, 0.2) is 0 Å². The van der Waals surface area contributed by atoms with E-state index in [-0.39, 0.29) is 29.8 Å². The Bertz CT molecular complexity index is 603. The molecule has 1 N–H and O–H groups in total. The molecule has 0 bridgehead atoms. The van der Waals surface area contributed by atoms with E-state index >= 15 is 0 Å². The lowest BCUT2D eigenvalue weighted by Crippen LogP contribution is -2.38. The van der Waals surface area contributed by atoms with Gasteiger partial charge in [0.05, 0.1) is 6.42 Å². The van der Waals surface area contributed by atoms with Crippen LogP contribution in [0.2, 0.25) is 0 Å². The van der Waals surface area contributed by atoms with Crippen LogP contribution in [0.4, 0.5) is 0 Å². The van der Waals surface area contributed by atoms with Crippen LogP contribution in [0, 0.1) is 23.7 Å². The molecule has 0 saturated carbocycles. The molecule has 7 nitrogen and oxygen atoms in total. The normalized spacial score (nSPS) is 13.7. The summed E-state index contributed by atoms with van der Waals surface area (Å²) in [6, 6.07) is 0. The van der Waals surface area contributed by atoms with E-state index in [1.165, 1.54) is 0 Å². The Morgan fingerprint density at radius 1 is 0.700 bits per heavy atom. The number of ether oxygens (including phenoxy) is 2. The van der Waals surface area contributed by atoms with Crippen LogP contribution in [0.3, 0.4) is 0 Å². The van der Waals surface area contributed by atoms with E-state index in [2.05, 4.69) is 0 Å². The third-order valence-corrected chi connectivity index (χ3v) is 5.57. The molecular formula is C22H42O7S. The third kappa shape index (κ3) is 13.2. The van der Waals surface area contributed by atoms with E-state index in [1.807, 2.05) is 55.4 Å². The first kappa shape index (κ1) is 28.9. The predicted molar refractivity (Wildman–Crippen MR) is 118 cm³/mol. The van der Waals surface area contributed by atoms with Gasteiger partial charge in [-0.25, -0.2) is 0 Å². The van der Waals surface area contributed by atoms with Crippen LogP contribution in [0.1, 0.15) is 87.5 Å². The molecule has 0 rings (SSSR count). The second-order valence-corrected chi connectivity index (χ2v) is 11.5. The van der Waals surface area contributed by atoms with Crippen LogP contribution in [-0.4, -0.2) is 42.4 Å². The summed E-state index contributed by atoms with van der Waals surface area (Å²) in [6.07, 6.45) is 0.790. The Hall–Kier alpha value is -1.15. The SMILES string of the molecule is CC(C)CC(CC(C)C)OC(=O)C[C@@H](C(=O)OC(CC(C)C)CC(C)C)S(=O)(=O)O. The van der Waals surface area contributed by atoms with E-state index < -0.39 is 39.8 Å². The summed E-state index contributed by atoms with van der Waals surface area (Å²) < 4.78 is 44.1. The lowest BCUT2D eigenvalue weighted by atomic mass is 9.98. The van der Waals surface area contributed by atoms with Crippen molar-refractivity contribution in [1.29, 1.82) is 0 Å². The van der Waals surface area contributed by atoms with Crippen LogP contribution >= 0.6 is 0 Å². The molecule has 0 heterocycles. The Morgan fingerprint density at radius 3 is 1.33 bits per heavy atom. The summed E-state index contributed by atoms with van der Waals surface area (Å²) in [5.41, 5.74) is 0. The minimum Gasteiger partial charge on any atom is -0.462 e. The first-order chi connectivity index (χ1) is 13.6. The van der Waals surface area contributed by atoms with Crippen molar-refractivity contribution in [2.24, 2.45) is 23.7 Å². The highest BCUT2D eigenvalue weighted by Gasteiger charge is 2.37. The van der Waals surface area contributed by atoms with Gasteiger partial charge in [-0.15, -0.1) is 0 Å². The summed E-state index contributed by atoms with van der Waals surface area (Å²) >= 11 is 0. The van der Waals surface area contributed by atoms with E-state index in [4.69, 9.17) is 9.47 Å². The Kier molecular flexibility index (Phi) is 12.8. The minimum atomic E-state index is -4.82. The molecule has 1 atom stereocenters. The maximum Gasteiger partial charge on any atom is 0.327 e. The van der Waals surface area contributed by atoms with Gasteiger partial charge in [-0.1, -0.05) is 55.4 Å². The van der Waals surface area contributed by atoms with E-state index in [0.717, 1.165) is 0 Å². The summed E-state index contributed by atoms with van der Waals surface area (Å²) in [7, 11) is -4.82. The maximum atomic E-state index is 12.6. The van der Waals surface area contributed by atoms with Gasteiger partial charge in [0.1, 0.15) is 12.2 Å². The second-order valence-electron chi connectivity index (χ2n) is 9.90. The van der Waals surface area contributed by atoms with Crippen molar-refractivity contribution in [3.05, 3.63) is 0 Å². The predicted octanol–water partition coefficient (Wildman–Crippen LogP) is 4.64. The summed E-state index contributed by atoms with van der Waals surface area (Å²) in [5, 5.41) is -1.98. The van der Waals surface area contributed by atoms with Crippen molar-refractivity contribution in [1.82, 2.24) is 0 Å². The third-order valence-electron chi connectivity index (χ3n) is 4.49. The quantitative estimate of drug-likeness (QED) is 0.303. The van der Waals surface area contributed by atoms with Crippen molar-refractivity contribution in [3.63, 3.8) is 0 Å². The summed E-state index contributed by atoms with van der Waals surface area (Å²) in [4.78, 5) is 25.0. The van der Waals surface area contributed by atoms with Gasteiger partial charge in [-0.3, -0.25) is 14.1 Å². The van der Waals surface area contributed by atoms with E-state index in [0.29, 0.717) is 25.7 Å². The zero-order chi connectivity index (χ0) is 23.6. The second kappa shape index (κ2) is 13.3. The van der Waals surface area contributed by atoms with Gasteiger partial charge in [0.2, 0.25) is 0 Å². The molecule has 0 amide bonds. The highest BCUT2D eigenvalue weighted by Crippen LogP contribution is 2.21. The standard InChI is InChI=1S/C22H42O7S/c1-14(2)9-18(10-15(3)4)28-21(23)13-20(30(25,26)27)22(24)29-19(11-16(5)6)12-17(7)8/h14-20H,9-13H2,1-8H3,(H,25,26,27)/t20-/m0/s1. The molecule has 0 aliphatic carbocycles. The van der Waals surface area contributed by atoms with Crippen LogP contribution in [0.5, 0.6) is 0 Å². The van der Waals surface area contributed by atoms with E-state index in [9.17, 15) is 22.6 Å². The molecule has 0 aliphatic rings. The van der Waals surface area contributed by atoms with Crippen LogP contribution < -0.4 is 0 Å². The molecule has 0 fully saturated rings. The zero-order valence-electron chi connectivity index (χ0n) is 19.9. The molecule has 0 aromatic heterocycles. The molecule has 30 heavy (non-hydrogen) atoms. The maximum absolute atomic E-state index is 12.6. The molecule has 0 aromatic rings. The molecule has 0 unspecified atom stereocenters. The number of esters is 2. The molecule has 0 aromatic carbocycles. The van der Waals surface area contributed by atoms with Crippen LogP contribution in [-0.2, 0) is 29.2 Å². The molecule has 8 heteroatoms. The van der Waals surface area contributed by atoms with Gasteiger partial charge in [-0.2, -0.15) is 8.42 Å². The summed E-state index contributed by atoms with van der Waals surface area (Å²) in [5.74, 6) is -0.879. The van der Waals surface area contributed by atoms with Gasteiger partial charge in [-0.05, 0) is 49.4 Å². The Balaban J connectivity index is 5.30. The average Bonchev–Trinajstić information content (AvgIpc) is 2.48. The van der Waals surface area contributed by atoms with Crippen molar-refractivity contribution in [2.75, 3.05) is 0 Å². The van der Waals surface area contributed by atoms with Gasteiger partial charge in [0.15, 0.2) is 5.25 Å². The van der Waals surface area contributed by atoms with Gasteiger partial charge >= 0.3 is 11.9 Å². The molecule has 0 spiro atoms. The molecule has 0 saturated heterocycles. The highest BCUT2D eigenvalue weighted by molar-refractivity contribution is 7.87. The fourth-order valence-electron chi connectivity index (χ4n) is 3.42. The number of rotatable bonds is 14. The van der Waals surface area contributed by atoms with E-state index in [1.54, 1.807) is 0 Å². The molecular weight excluding hydrogens is 408 g/mol. The highest BCUT2D eigenvalue weighted by atomic mass is 32.2. The average molecular weight is 451 g/mol. The van der Waals surface area contributed by atoms with Crippen molar-refractivity contribution >= 4 is 22.1 Å². The van der Waals surface area contributed by atoms with Gasteiger partial charge < -0.3 is 9.47 Å². The minimum absolute atomic E-state index is 0.239. The zero-order valence-corrected chi connectivity index (χ0v) is 20.7. The topological polar surface area (TPSA) is 107 Å². The monoisotopic (exact) mass is 450 g/mol. The van der Waals surface area contributed by atoms with Crippen LogP contribution in [0.25, 0.3) is 0 Å². The van der Waals surface area contributed by atoms with Crippen molar-refractivity contribution in [2.45, 2.75) is 105 Å². The lowest BCUT2D eigenvalue weighted by molar-refractivity contribution is -0.157. The van der Waals surface area contributed by atoms with Gasteiger partial charge in [0.25, 0.3) is 10.1 Å². The fourth-order valence-corrected chi connectivity index (χ4v) is 4.07.